The molecule has 0 bridgehead atoms. The zero-order chi connectivity index (χ0) is 16.4. The molecule has 0 saturated heterocycles. The topological polar surface area (TPSA) is 29.1 Å². The molecule has 0 aliphatic heterocycles. The van der Waals surface area contributed by atoms with Crippen molar-refractivity contribution in [1.29, 1.82) is 0 Å². The highest BCUT2D eigenvalue weighted by molar-refractivity contribution is 5.81. The highest BCUT2D eigenvalue weighted by Gasteiger charge is 2.31. The number of hydrogen-bond donors (Lipinski definition) is 1. The molecular weight excluding hydrogens is 282 g/mol. The van der Waals surface area contributed by atoms with Crippen LogP contribution in [0.4, 0.5) is 0 Å². The molecule has 3 rings (SSSR count). The quantitative estimate of drug-likeness (QED) is 0.849. The molecule has 0 heterocycles. The maximum Gasteiger partial charge on any atom is 0.223 e. The van der Waals surface area contributed by atoms with E-state index in [0.29, 0.717) is 5.92 Å². The Kier molecular flexibility index (Phi) is 4.51. The predicted octanol–water partition coefficient (Wildman–Crippen LogP) is 4.73. The van der Waals surface area contributed by atoms with E-state index in [1.54, 1.807) is 0 Å². The second kappa shape index (κ2) is 6.57. The summed E-state index contributed by atoms with van der Waals surface area (Å²) in [7, 11) is 0. The SMILES string of the molecule is Cc1cccc([C@H](NC(=O)C2CC2)c2ccc(C(C)C)cc2)c1. The van der Waals surface area contributed by atoms with Gasteiger partial charge < -0.3 is 5.32 Å². The highest BCUT2D eigenvalue weighted by Crippen LogP contribution is 2.31. The van der Waals surface area contributed by atoms with E-state index in [1.807, 2.05) is 0 Å². The molecule has 2 heteroatoms. The molecule has 2 aromatic carbocycles. The van der Waals surface area contributed by atoms with Crippen molar-refractivity contribution in [1.82, 2.24) is 5.32 Å². The van der Waals surface area contributed by atoms with Gasteiger partial charge in [-0.25, -0.2) is 0 Å². The van der Waals surface area contributed by atoms with Crippen LogP contribution < -0.4 is 5.32 Å². The molecule has 1 aliphatic carbocycles. The summed E-state index contributed by atoms with van der Waals surface area (Å²) >= 11 is 0. The maximum atomic E-state index is 12.3. The summed E-state index contributed by atoms with van der Waals surface area (Å²) in [5, 5.41) is 3.25. The molecule has 1 N–H and O–H groups in total. The third-order valence-corrected chi connectivity index (χ3v) is 4.55. The van der Waals surface area contributed by atoms with Crippen molar-refractivity contribution in [3.05, 3.63) is 70.8 Å². The second-order valence-corrected chi connectivity index (χ2v) is 6.95. The summed E-state index contributed by atoms with van der Waals surface area (Å²) in [4.78, 5) is 12.3. The fourth-order valence-electron chi connectivity index (χ4n) is 2.89. The molecule has 1 atom stereocenters. The Morgan fingerprint density at radius 2 is 1.65 bits per heavy atom. The van der Waals surface area contributed by atoms with Gasteiger partial charge in [-0.2, -0.15) is 0 Å². The van der Waals surface area contributed by atoms with Crippen LogP contribution in [-0.2, 0) is 4.79 Å². The Balaban J connectivity index is 1.91. The summed E-state index contributed by atoms with van der Waals surface area (Å²) in [6.07, 6.45) is 2.05. The first-order valence-corrected chi connectivity index (χ1v) is 8.51. The molecule has 1 fully saturated rings. The molecule has 120 valence electrons. The summed E-state index contributed by atoms with van der Waals surface area (Å²) in [5.41, 5.74) is 4.84. The van der Waals surface area contributed by atoms with Crippen LogP contribution >= 0.6 is 0 Å². The molecule has 1 amide bonds. The van der Waals surface area contributed by atoms with E-state index in [2.05, 4.69) is 74.6 Å². The van der Waals surface area contributed by atoms with Gasteiger partial charge in [0, 0.05) is 5.92 Å². The number of carbonyl (C=O) groups is 1. The van der Waals surface area contributed by atoms with Crippen molar-refractivity contribution in [2.75, 3.05) is 0 Å². The zero-order valence-corrected chi connectivity index (χ0v) is 14.2. The van der Waals surface area contributed by atoms with Gasteiger partial charge in [0.25, 0.3) is 0 Å². The molecule has 0 radical (unpaired) electrons. The van der Waals surface area contributed by atoms with E-state index in [4.69, 9.17) is 0 Å². The van der Waals surface area contributed by atoms with Gasteiger partial charge in [-0.3, -0.25) is 4.79 Å². The number of hydrogen-bond acceptors (Lipinski definition) is 1. The first-order valence-electron chi connectivity index (χ1n) is 8.51. The lowest BCUT2D eigenvalue weighted by molar-refractivity contribution is -0.122. The van der Waals surface area contributed by atoms with Gasteiger partial charge in [-0.1, -0.05) is 67.9 Å². The molecule has 23 heavy (non-hydrogen) atoms. The monoisotopic (exact) mass is 307 g/mol. The van der Waals surface area contributed by atoms with Crippen LogP contribution in [0, 0.1) is 12.8 Å². The fourth-order valence-corrected chi connectivity index (χ4v) is 2.89. The van der Waals surface area contributed by atoms with Crippen LogP contribution in [0.3, 0.4) is 0 Å². The van der Waals surface area contributed by atoms with Gasteiger partial charge in [0.05, 0.1) is 6.04 Å². The standard InChI is InChI=1S/C21H25NO/c1-14(2)16-7-9-17(10-8-16)20(22-21(23)18-11-12-18)19-6-4-5-15(3)13-19/h4-10,13-14,18,20H,11-12H2,1-3H3,(H,22,23)/t20-/m1/s1. The van der Waals surface area contributed by atoms with E-state index >= 15 is 0 Å². The first kappa shape index (κ1) is 15.8. The van der Waals surface area contributed by atoms with E-state index in [0.717, 1.165) is 24.0 Å². The number of aryl methyl sites for hydroxylation is 1. The van der Waals surface area contributed by atoms with E-state index in [1.165, 1.54) is 11.1 Å². The Morgan fingerprint density at radius 3 is 2.22 bits per heavy atom. The summed E-state index contributed by atoms with van der Waals surface area (Å²) in [6.45, 7) is 6.48. The minimum Gasteiger partial charge on any atom is -0.345 e. The zero-order valence-electron chi connectivity index (χ0n) is 14.2. The number of rotatable bonds is 5. The van der Waals surface area contributed by atoms with Crippen molar-refractivity contribution >= 4 is 5.91 Å². The third kappa shape index (κ3) is 3.82. The van der Waals surface area contributed by atoms with Crippen LogP contribution in [0.25, 0.3) is 0 Å². The third-order valence-electron chi connectivity index (χ3n) is 4.55. The number of carbonyl (C=O) groups excluding carboxylic acids is 1. The molecular formula is C21H25NO. The maximum absolute atomic E-state index is 12.3. The molecule has 1 aliphatic rings. The normalized spacial score (nSPS) is 15.5. The van der Waals surface area contributed by atoms with Crippen molar-refractivity contribution in [2.24, 2.45) is 5.92 Å². The number of nitrogens with one attached hydrogen (secondary N) is 1. The Labute approximate surface area is 138 Å². The lowest BCUT2D eigenvalue weighted by Crippen LogP contribution is -2.30. The largest absolute Gasteiger partial charge is 0.345 e. The van der Waals surface area contributed by atoms with Crippen LogP contribution in [0.15, 0.2) is 48.5 Å². The van der Waals surface area contributed by atoms with E-state index < -0.39 is 0 Å². The average Bonchev–Trinajstić information content (AvgIpc) is 3.37. The Morgan fingerprint density at radius 1 is 1.00 bits per heavy atom. The minimum absolute atomic E-state index is 0.0655. The predicted molar refractivity (Wildman–Crippen MR) is 94.4 cm³/mol. The molecule has 2 nitrogen and oxygen atoms in total. The van der Waals surface area contributed by atoms with Crippen molar-refractivity contribution in [2.45, 2.75) is 45.6 Å². The van der Waals surface area contributed by atoms with Crippen molar-refractivity contribution in [3.8, 4) is 0 Å². The fraction of sp³-hybridized carbons (Fsp3) is 0.381. The molecule has 0 unspecified atom stereocenters. The lowest BCUT2D eigenvalue weighted by Gasteiger charge is -2.21. The van der Waals surface area contributed by atoms with Gasteiger partial charge in [0.15, 0.2) is 0 Å². The van der Waals surface area contributed by atoms with E-state index in [-0.39, 0.29) is 17.9 Å². The summed E-state index contributed by atoms with van der Waals surface area (Å²) in [6, 6.07) is 17.0. The van der Waals surface area contributed by atoms with E-state index in [9.17, 15) is 4.79 Å². The van der Waals surface area contributed by atoms with Crippen LogP contribution in [0.1, 0.15) is 60.9 Å². The lowest BCUT2D eigenvalue weighted by atomic mass is 9.94. The molecule has 0 aromatic heterocycles. The van der Waals surface area contributed by atoms with Gasteiger partial charge in [0.2, 0.25) is 5.91 Å². The number of benzene rings is 2. The molecule has 1 saturated carbocycles. The van der Waals surface area contributed by atoms with Gasteiger partial charge in [0.1, 0.15) is 0 Å². The summed E-state index contributed by atoms with van der Waals surface area (Å²) < 4.78 is 0. The summed E-state index contributed by atoms with van der Waals surface area (Å²) in [5.74, 6) is 0.921. The van der Waals surface area contributed by atoms with Gasteiger partial charge in [-0.05, 0) is 42.4 Å². The van der Waals surface area contributed by atoms with Crippen LogP contribution in [-0.4, -0.2) is 5.91 Å². The van der Waals surface area contributed by atoms with Crippen molar-refractivity contribution in [3.63, 3.8) is 0 Å². The van der Waals surface area contributed by atoms with Gasteiger partial charge in [-0.15, -0.1) is 0 Å². The Hall–Kier alpha value is -2.09. The van der Waals surface area contributed by atoms with Crippen LogP contribution in [0.5, 0.6) is 0 Å². The average molecular weight is 307 g/mol. The van der Waals surface area contributed by atoms with Gasteiger partial charge >= 0.3 is 0 Å². The minimum atomic E-state index is -0.0655. The highest BCUT2D eigenvalue weighted by atomic mass is 16.2. The van der Waals surface area contributed by atoms with Crippen LogP contribution in [0.2, 0.25) is 0 Å². The smallest absolute Gasteiger partial charge is 0.223 e. The molecule has 0 spiro atoms. The molecule has 2 aromatic rings. The second-order valence-electron chi connectivity index (χ2n) is 6.95. The Bertz CT molecular complexity index is 683. The number of amides is 1. The first-order chi connectivity index (χ1) is 11.0. The van der Waals surface area contributed by atoms with Crippen molar-refractivity contribution < 1.29 is 4.79 Å².